The van der Waals surface area contributed by atoms with Crippen LogP contribution in [0, 0.1) is 5.82 Å². The highest BCUT2D eigenvalue weighted by molar-refractivity contribution is 7.89. The van der Waals surface area contributed by atoms with E-state index in [0.29, 0.717) is 13.1 Å². The molecule has 0 saturated heterocycles. The van der Waals surface area contributed by atoms with E-state index >= 15 is 0 Å². The van der Waals surface area contributed by atoms with Crippen molar-refractivity contribution in [1.29, 1.82) is 0 Å². The first-order chi connectivity index (χ1) is 13.8. The highest BCUT2D eigenvalue weighted by Gasteiger charge is 2.37. The molecule has 0 spiro atoms. The Labute approximate surface area is 169 Å². The smallest absolute Gasteiger partial charge is 0.318 e. The summed E-state index contributed by atoms with van der Waals surface area (Å²) in [6.07, 6.45) is 0. The molecule has 0 aliphatic carbocycles. The maximum Gasteiger partial charge on any atom is 0.318 e. The lowest BCUT2D eigenvalue weighted by Gasteiger charge is -2.24. The van der Waals surface area contributed by atoms with Crippen LogP contribution in [0.2, 0.25) is 0 Å². The lowest BCUT2D eigenvalue weighted by molar-refractivity contribution is 0.205. The van der Waals surface area contributed by atoms with E-state index in [1.165, 1.54) is 22.5 Å². The normalized spacial score (nSPS) is 18.1. The second-order valence-electron chi connectivity index (χ2n) is 7.38. The van der Waals surface area contributed by atoms with Gasteiger partial charge >= 0.3 is 6.03 Å². The van der Waals surface area contributed by atoms with Gasteiger partial charge in [-0.25, -0.2) is 17.6 Å². The minimum Gasteiger partial charge on any atom is -0.331 e. The molecule has 0 bridgehead atoms. The fourth-order valence-corrected chi connectivity index (χ4v) is 5.20. The van der Waals surface area contributed by atoms with E-state index in [0.717, 1.165) is 22.8 Å². The van der Waals surface area contributed by atoms with Gasteiger partial charge in [-0.15, -0.1) is 0 Å². The largest absolute Gasteiger partial charge is 0.331 e. The van der Waals surface area contributed by atoms with Gasteiger partial charge in [-0.05, 0) is 41.8 Å². The van der Waals surface area contributed by atoms with Crippen molar-refractivity contribution in [3.05, 3.63) is 77.1 Å². The fraction of sp³-hybridized carbons (Fsp3) is 0.286. The van der Waals surface area contributed by atoms with Crippen LogP contribution in [0.1, 0.15) is 18.5 Å². The number of carbonyl (C=O) groups is 1. The predicted molar refractivity (Wildman–Crippen MR) is 107 cm³/mol. The summed E-state index contributed by atoms with van der Waals surface area (Å²) < 4.78 is 40.3. The van der Waals surface area contributed by atoms with E-state index in [1.54, 1.807) is 4.90 Å². The second kappa shape index (κ2) is 7.61. The Morgan fingerprint density at radius 2 is 1.66 bits per heavy atom. The van der Waals surface area contributed by atoms with Crippen molar-refractivity contribution in [3.63, 3.8) is 0 Å². The lowest BCUT2D eigenvalue weighted by Crippen LogP contribution is -2.42. The third-order valence-electron chi connectivity index (χ3n) is 5.36. The molecule has 0 radical (unpaired) electrons. The van der Waals surface area contributed by atoms with Gasteiger partial charge in [0.25, 0.3) is 0 Å². The number of hydrogen-bond donors (Lipinski definition) is 1. The van der Waals surface area contributed by atoms with E-state index in [1.807, 2.05) is 37.3 Å². The summed E-state index contributed by atoms with van der Waals surface area (Å²) in [4.78, 5) is 14.3. The maximum atomic E-state index is 13.4. The number of carbonyl (C=O) groups excluding carboxylic acids is 1. The molecule has 8 heteroatoms. The van der Waals surface area contributed by atoms with Gasteiger partial charge < -0.3 is 10.2 Å². The van der Waals surface area contributed by atoms with Crippen molar-refractivity contribution in [2.45, 2.75) is 17.9 Å². The zero-order valence-electron chi connectivity index (χ0n) is 16.0. The molecule has 29 heavy (non-hydrogen) atoms. The molecule has 6 nitrogen and oxygen atoms in total. The van der Waals surface area contributed by atoms with E-state index in [2.05, 4.69) is 5.32 Å². The van der Waals surface area contributed by atoms with E-state index in [-0.39, 0.29) is 30.1 Å². The number of nitrogens with zero attached hydrogens (tertiary/aromatic N) is 2. The van der Waals surface area contributed by atoms with Gasteiger partial charge in [0.05, 0.1) is 10.9 Å². The van der Waals surface area contributed by atoms with Gasteiger partial charge in [-0.1, -0.05) is 36.4 Å². The molecule has 1 N–H and O–H groups in total. The average molecular weight is 415 g/mol. The Kier molecular flexibility index (Phi) is 5.14. The molecular formula is C21H22FN3O3S. The molecule has 2 amide bonds. The summed E-state index contributed by atoms with van der Waals surface area (Å²) in [5.41, 5.74) is 2.90. The first kappa shape index (κ1) is 19.6. The van der Waals surface area contributed by atoms with Crippen LogP contribution in [-0.2, 0) is 10.0 Å². The van der Waals surface area contributed by atoms with Crippen LogP contribution in [0.5, 0.6) is 0 Å². The van der Waals surface area contributed by atoms with Gasteiger partial charge in [-0.2, -0.15) is 4.31 Å². The van der Waals surface area contributed by atoms with Crippen molar-refractivity contribution in [2.24, 2.45) is 0 Å². The van der Waals surface area contributed by atoms with Crippen molar-refractivity contribution >= 4 is 16.1 Å². The van der Waals surface area contributed by atoms with Crippen LogP contribution >= 0.6 is 0 Å². The lowest BCUT2D eigenvalue weighted by atomic mass is 10.1. The van der Waals surface area contributed by atoms with Gasteiger partial charge in [-0.3, -0.25) is 0 Å². The van der Waals surface area contributed by atoms with E-state index < -0.39 is 15.8 Å². The van der Waals surface area contributed by atoms with E-state index in [4.69, 9.17) is 0 Å². The Balaban J connectivity index is 1.37. The summed E-state index contributed by atoms with van der Waals surface area (Å²) in [7, 11) is -3.76. The SMILES string of the molecule is C[C@H](NC(=O)N1CC2=C(C1)CN(S(=O)(=O)c1cccc(F)c1)C2)c1ccccc1. The molecular weight excluding hydrogens is 393 g/mol. The molecule has 2 aliphatic rings. The quantitative estimate of drug-likeness (QED) is 0.781. The van der Waals surface area contributed by atoms with Crippen LogP contribution in [0.15, 0.2) is 70.6 Å². The average Bonchev–Trinajstić information content (AvgIpc) is 3.28. The summed E-state index contributed by atoms with van der Waals surface area (Å²) in [5, 5.41) is 2.99. The molecule has 1 atom stereocenters. The zero-order chi connectivity index (χ0) is 20.6. The van der Waals surface area contributed by atoms with Gasteiger partial charge in [0, 0.05) is 26.2 Å². The van der Waals surface area contributed by atoms with Crippen LogP contribution < -0.4 is 5.32 Å². The number of benzene rings is 2. The number of amides is 2. The first-order valence-corrected chi connectivity index (χ1v) is 10.8. The molecule has 0 saturated carbocycles. The Bertz CT molecular complexity index is 1050. The molecule has 2 heterocycles. The highest BCUT2D eigenvalue weighted by atomic mass is 32.2. The molecule has 4 rings (SSSR count). The Hall–Kier alpha value is -2.71. The summed E-state index contributed by atoms with van der Waals surface area (Å²) in [6.45, 7) is 3.19. The standard InChI is InChI=1S/C21H22FN3O3S/c1-15(16-6-3-2-4-7-16)23-21(26)24-11-17-13-25(14-18(17)12-24)29(27,28)20-9-5-8-19(22)10-20/h2-10,15H,11-14H2,1H3,(H,23,26)/t15-/m0/s1. The number of urea groups is 1. The molecule has 0 aromatic heterocycles. The summed E-state index contributed by atoms with van der Waals surface area (Å²) in [5.74, 6) is -0.582. The van der Waals surface area contributed by atoms with Crippen LogP contribution in [0.3, 0.4) is 0 Å². The van der Waals surface area contributed by atoms with Gasteiger partial charge in [0.1, 0.15) is 5.82 Å². The van der Waals surface area contributed by atoms with Gasteiger partial charge in [0.2, 0.25) is 10.0 Å². The molecule has 2 aromatic rings. The number of rotatable bonds is 4. The second-order valence-corrected chi connectivity index (χ2v) is 9.31. The van der Waals surface area contributed by atoms with Crippen LogP contribution in [-0.4, -0.2) is 49.8 Å². The summed E-state index contributed by atoms with van der Waals surface area (Å²) in [6, 6.07) is 14.4. The Morgan fingerprint density at radius 3 is 2.28 bits per heavy atom. The van der Waals surface area contributed by atoms with Crippen molar-refractivity contribution in [2.75, 3.05) is 26.2 Å². The molecule has 152 valence electrons. The minimum atomic E-state index is -3.76. The van der Waals surface area contributed by atoms with Crippen LogP contribution in [0.25, 0.3) is 0 Å². The topological polar surface area (TPSA) is 69.7 Å². The Morgan fingerprint density at radius 1 is 1.00 bits per heavy atom. The minimum absolute atomic E-state index is 0.0510. The number of nitrogens with one attached hydrogen (secondary N) is 1. The molecule has 0 fully saturated rings. The molecule has 0 unspecified atom stereocenters. The monoisotopic (exact) mass is 415 g/mol. The predicted octanol–water partition coefficient (Wildman–Crippen LogP) is 2.91. The van der Waals surface area contributed by atoms with Crippen molar-refractivity contribution < 1.29 is 17.6 Å². The van der Waals surface area contributed by atoms with Gasteiger partial charge in [0.15, 0.2) is 0 Å². The zero-order valence-corrected chi connectivity index (χ0v) is 16.8. The first-order valence-electron chi connectivity index (χ1n) is 9.40. The number of halogens is 1. The fourth-order valence-electron chi connectivity index (χ4n) is 3.74. The van der Waals surface area contributed by atoms with E-state index in [9.17, 15) is 17.6 Å². The van der Waals surface area contributed by atoms with Crippen LogP contribution in [0.4, 0.5) is 9.18 Å². The highest BCUT2D eigenvalue weighted by Crippen LogP contribution is 2.30. The number of sulfonamides is 1. The molecule has 2 aliphatic heterocycles. The maximum absolute atomic E-state index is 13.4. The third-order valence-corrected chi connectivity index (χ3v) is 7.15. The van der Waals surface area contributed by atoms with Crippen molar-refractivity contribution in [1.82, 2.24) is 14.5 Å². The third kappa shape index (κ3) is 3.90. The van der Waals surface area contributed by atoms with Crippen molar-refractivity contribution in [3.8, 4) is 0 Å². The summed E-state index contributed by atoms with van der Waals surface area (Å²) >= 11 is 0. The number of hydrogen-bond acceptors (Lipinski definition) is 3. The molecule has 2 aromatic carbocycles.